The Labute approximate surface area is 339 Å². The van der Waals surface area contributed by atoms with E-state index in [1.165, 1.54) is 27.8 Å². The molecule has 6 nitrogen and oxygen atoms in total. The quantitative estimate of drug-likeness (QED) is 0.152. The molecule has 7 heteroatoms. The maximum Gasteiger partial charge on any atom is 0.255 e. The highest BCUT2D eigenvalue weighted by molar-refractivity contribution is 6.10. The molecule has 2 N–H and O–H groups in total. The van der Waals surface area contributed by atoms with Crippen LogP contribution in [-0.2, 0) is 6.42 Å². The Morgan fingerprint density at radius 1 is 0.596 bits per heavy atom. The highest BCUT2D eigenvalue weighted by Gasteiger charge is 2.28. The van der Waals surface area contributed by atoms with Gasteiger partial charge in [0.15, 0.2) is 0 Å². The number of hydrogen-bond donors (Lipinski definition) is 2. The second kappa shape index (κ2) is 17.5. The summed E-state index contributed by atoms with van der Waals surface area (Å²) >= 11 is 0. The van der Waals surface area contributed by atoms with Crippen molar-refractivity contribution in [2.75, 3.05) is 43.3 Å². The van der Waals surface area contributed by atoms with Crippen molar-refractivity contribution in [2.45, 2.75) is 26.3 Å². The van der Waals surface area contributed by atoms with E-state index in [0.29, 0.717) is 16.8 Å². The zero-order chi connectivity index (χ0) is 39.3. The monoisotopic (exact) mass is 747 g/mol. The highest BCUT2D eigenvalue weighted by atomic mass is 16.2. The minimum absolute atomic E-state index is 0. The third kappa shape index (κ3) is 8.79. The third-order valence-corrected chi connectivity index (χ3v) is 10.4. The summed E-state index contributed by atoms with van der Waals surface area (Å²) in [5.74, 6) is -0.524. The lowest BCUT2D eigenvalue weighted by molar-refractivity contribution is 0.0943. The standard InChI is InChI=1S/C34H34N4O2.C16H14.B/c1-22-20-30-27(23-10-7-6-8-11-23)12-9-13-28(30)32(22)36-34(40)29-19-18-26(38(4)5)21-31(29)35-33(39)24-14-16-25(17-15-24)37(2)3;1-12-10-14-8-5-9-15(16(14)11-12)13-6-3-2-4-7-13;/h6-21,32H,1-5H3,(H,35,39)(H,36,40);2-9,11H,10H2,1H3;. The Balaban J connectivity index is 0.000000268. The molecular formula is C50H48BN4O2. The molecule has 283 valence electrons. The summed E-state index contributed by atoms with van der Waals surface area (Å²) in [5, 5.41) is 6.21. The van der Waals surface area contributed by atoms with Crippen molar-refractivity contribution in [1.82, 2.24) is 5.32 Å². The van der Waals surface area contributed by atoms with Crippen LogP contribution in [-0.4, -0.2) is 48.4 Å². The molecule has 6 aromatic carbocycles. The fraction of sp³-hybridized carbons (Fsp3) is 0.160. The van der Waals surface area contributed by atoms with Crippen molar-refractivity contribution in [3.8, 4) is 22.3 Å². The van der Waals surface area contributed by atoms with Crippen molar-refractivity contribution >= 4 is 49.4 Å². The van der Waals surface area contributed by atoms with Crippen LogP contribution < -0.4 is 20.4 Å². The molecule has 6 aromatic rings. The van der Waals surface area contributed by atoms with Crippen LogP contribution in [0.25, 0.3) is 34.4 Å². The number of carbonyl (C=O) groups is 2. The van der Waals surface area contributed by atoms with Crippen molar-refractivity contribution in [3.63, 3.8) is 0 Å². The minimum atomic E-state index is -0.273. The van der Waals surface area contributed by atoms with Gasteiger partial charge in [-0.25, -0.2) is 0 Å². The first-order valence-electron chi connectivity index (χ1n) is 19.0. The number of anilines is 3. The lowest BCUT2D eigenvalue weighted by atomic mass is 9.95. The predicted molar refractivity (Wildman–Crippen MR) is 240 cm³/mol. The molecule has 0 saturated heterocycles. The fourth-order valence-electron chi connectivity index (χ4n) is 7.44. The first kappa shape index (κ1) is 40.1. The van der Waals surface area contributed by atoms with E-state index in [-0.39, 0.29) is 26.3 Å². The van der Waals surface area contributed by atoms with Crippen LogP contribution in [0, 0.1) is 0 Å². The highest BCUT2D eigenvalue weighted by Crippen LogP contribution is 2.40. The fourth-order valence-corrected chi connectivity index (χ4v) is 7.44. The van der Waals surface area contributed by atoms with Crippen molar-refractivity contribution < 1.29 is 9.59 Å². The molecule has 2 amide bonds. The number of amides is 2. The van der Waals surface area contributed by atoms with Crippen LogP contribution in [0.2, 0.25) is 0 Å². The van der Waals surface area contributed by atoms with E-state index in [1.807, 2.05) is 93.4 Å². The summed E-state index contributed by atoms with van der Waals surface area (Å²) in [5.41, 5.74) is 15.8. The molecule has 1 atom stereocenters. The van der Waals surface area contributed by atoms with E-state index in [2.05, 4.69) is 103 Å². The number of carbonyl (C=O) groups excluding carboxylic acids is 2. The van der Waals surface area contributed by atoms with Crippen LogP contribution in [0.15, 0.2) is 151 Å². The Kier molecular flexibility index (Phi) is 12.3. The maximum absolute atomic E-state index is 13.7. The number of fused-ring (bicyclic) bond motifs is 2. The van der Waals surface area contributed by atoms with Crippen molar-refractivity contribution in [1.29, 1.82) is 0 Å². The van der Waals surface area contributed by atoms with Gasteiger partial charge in [0.1, 0.15) is 0 Å². The molecular weight excluding hydrogens is 699 g/mol. The summed E-state index contributed by atoms with van der Waals surface area (Å²) in [7, 11) is 7.76. The van der Waals surface area contributed by atoms with Crippen molar-refractivity contribution in [3.05, 3.63) is 184 Å². The first-order valence-corrected chi connectivity index (χ1v) is 19.0. The number of hydrogen-bond acceptors (Lipinski definition) is 4. The van der Waals surface area contributed by atoms with E-state index in [0.717, 1.165) is 45.6 Å². The maximum atomic E-state index is 13.7. The summed E-state index contributed by atoms with van der Waals surface area (Å²) in [6.45, 7) is 4.24. The van der Waals surface area contributed by atoms with E-state index in [9.17, 15) is 9.59 Å². The zero-order valence-electron chi connectivity index (χ0n) is 33.5. The van der Waals surface area contributed by atoms with Gasteiger partial charge in [-0.3, -0.25) is 9.59 Å². The molecule has 3 radical (unpaired) electrons. The second-order valence-corrected chi connectivity index (χ2v) is 14.9. The Morgan fingerprint density at radius 2 is 1.18 bits per heavy atom. The lowest BCUT2D eigenvalue weighted by Crippen LogP contribution is -2.29. The number of benzene rings is 6. The molecule has 0 bridgehead atoms. The SMILES string of the molecule is CC1=Cc2c(-c3ccccc3)cccc2C1NC(=O)c1ccc(N(C)C)cc1NC(=O)c1ccc(N(C)C)cc1.CC1=Cc2c(cccc2-c2ccccc2)C1.[B]. The largest absolute Gasteiger partial charge is 0.378 e. The second-order valence-electron chi connectivity index (χ2n) is 14.9. The normalized spacial score (nSPS) is 13.4. The molecule has 0 heterocycles. The van der Waals surface area contributed by atoms with Crippen LogP contribution >= 0.6 is 0 Å². The van der Waals surface area contributed by atoms with Gasteiger partial charge in [-0.05, 0) is 113 Å². The summed E-state index contributed by atoms with van der Waals surface area (Å²) in [4.78, 5) is 30.9. The topological polar surface area (TPSA) is 64.7 Å². The summed E-state index contributed by atoms with van der Waals surface area (Å²) in [6.07, 6.45) is 5.57. The number of nitrogens with zero attached hydrogens (tertiary/aromatic N) is 2. The summed E-state index contributed by atoms with van der Waals surface area (Å²) in [6, 6.07) is 46.3. The molecule has 2 aliphatic carbocycles. The van der Waals surface area contributed by atoms with Crippen LogP contribution in [0.5, 0.6) is 0 Å². The molecule has 0 fully saturated rings. The number of nitrogens with one attached hydrogen (secondary N) is 2. The minimum Gasteiger partial charge on any atom is -0.378 e. The van der Waals surface area contributed by atoms with Crippen LogP contribution in [0.3, 0.4) is 0 Å². The molecule has 57 heavy (non-hydrogen) atoms. The van der Waals surface area contributed by atoms with Gasteiger partial charge < -0.3 is 20.4 Å². The van der Waals surface area contributed by atoms with Gasteiger partial charge in [0.2, 0.25) is 0 Å². The molecule has 8 rings (SSSR count). The lowest BCUT2D eigenvalue weighted by Gasteiger charge is -2.21. The van der Waals surface area contributed by atoms with Gasteiger partial charge in [-0.2, -0.15) is 0 Å². The Bertz CT molecular complexity index is 2450. The molecule has 0 aliphatic heterocycles. The van der Waals surface area contributed by atoms with Gasteiger partial charge >= 0.3 is 0 Å². The van der Waals surface area contributed by atoms with Crippen LogP contribution in [0.1, 0.15) is 62.9 Å². The van der Waals surface area contributed by atoms with E-state index in [4.69, 9.17) is 0 Å². The Morgan fingerprint density at radius 3 is 1.79 bits per heavy atom. The molecule has 0 saturated carbocycles. The molecule has 1 unspecified atom stereocenters. The van der Waals surface area contributed by atoms with Gasteiger partial charge in [0, 0.05) is 53.5 Å². The van der Waals surface area contributed by atoms with Crippen molar-refractivity contribution in [2.24, 2.45) is 0 Å². The van der Waals surface area contributed by atoms with Gasteiger partial charge in [-0.15, -0.1) is 0 Å². The first-order chi connectivity index (χ1) is 27.1. The van der Waals surface area contributed by atoms with Gasteiger partial charge in [0.05, 0.1) is 17.3 Å². The van der Waals surface area contributed by atoms with E-state index in [1.54, 1.807) is 18.2 Å². The van der Waals surface area contributed by atoms with Crippen LogP contribution in [0.4, 0.5) is 17.1 Å². The molecule has 2 aliphatic rings. The van der Waals surface area contributed by atoms with Gasteiger partial charge in [0.25, 0.3) is 11.8 Å². The third-order valence-electron chi connectivity index (χ3n) is 10.4. The molecule has 0 aromatic heterocycles. The Hall–Kier alpha value is -6.60. The zero-order valence-corrected chi connectivity index (χ0v) is 33.5. The molecule has 0 spiro atoms. The smallest absolute Gasteiger partial charge is 0.255 e. The van der Waals surface area contributed by atoms with E-state index < -0.39 is 0 Å². The average Bonchev–Trinajstić information content (AvgIpc) is 3.76. The van der Waals surface area contributed by atoms with E-state index >= 15 is 0 Å². The predicted octanol–water partition coefficient (Wildman–Crippen LogP) is 10.6. The number of rotatable bonds is 8. The summed E-state index contributed by atoms with van der Waals surface area (Å²) < 4.78 is 0. The van der Waals surface area contributed by atoms with Gasteiger partial charge in [-0.1, -0.05) is 115 Å². The number of allylic oxidation sites excluding steroid dienone is 1. The average molecular weight is 748 g/mol.